The van der Waals surface area contributed by atoms with Crippen molar-refractivity contribution in [2.75, 3.05) is 7.11 Å². The summed E-state index contributed by atoms with van der Waals surface area (Å²) in [5.74, 6) is 0.220. The van der Waals surface area contributed by atoms with Gasteiger partial charge < -0.3 is 9.72 Å². The smallest absolute Gasteiger partial charge is 0.432 e. The molecule has 0 bridgehead atoms. The SMILES string of the molecule is COc1cc(-c2ncc(C(F)(F)F)[nH]c2=O)c(Cl)cc1Cl. The molecule has 0 spiro atoms. The Morgan fingerprint density at radius 1 is 1.24 bits per heavy atom. The molecule has 1 heterocycles. The van der Waals surface area contributed by atoms with Crippen molar-refractivity contribution in [1.29, 1.82) is 0 Å². The van der Waals surface area contributed by atoms with Crippen molar-refractivity contribution in [3.8, 4) is 17.0 Å². The molecule has 0 aliphatic carbocycles. The van der Waals surface area contributed by atoms with Gasteiger partial charge in [-0.1, -0.05) is 23.2 Å². The van der Waals surface area contributed by atoms with Crippen molar-refractivity contribution in [2.45, 2.75) is 6.18 Å². The van der Waals surface area contributed by atoms with Crippen LogP contribution in [0.15, 0.2) is 23.1 Å². The molecule has 0 saturated carbocycles. The average Bonchev–Trinajstić information content (AvgIpc) is 2.38. The minimum atomic E-state index is -4.69. The first-order valence-corrected chi connectivity index (χ1v) is 6.19. The van der Waals surface area contributed by atoms with E-state index in [4.69, 9.17) is 27.9 Å². The third-order valence-electron chi connectivity index (χ3n) is 2.59. The van der Waals surface area contributed by atoms with Crippen LogP contribution in [0.1, 0.15) is 5.69 Å². The highest BCUT2D eigenvalue weighted by atomic mass is 35.5. The van der Waals surface area contributed by atoms with Crippen LogP contribution in [-0.2, 0) is 6.18 Å². The molecule has 0 radical (unpaired) electrons. The van der Waals surface area contributed by atoms with Gasteiger partial charge in [0, 0.05) is 5.56 Å². The van der Waals surface area contributed by atoms with Crippen molar-refractivity contribution in [1.82, 2.24) is 9.97 Å². The van der Waals surface area contributed by atoms with Crippen LogP contribution in [0.4, 0.5) is 13.2 Å². The molecule has 0 aliphatic heterocycles. The summed E-state index contributed by atoms with van der Waals surface area (Å²) in [6, 6.07) is 2.64. The minimum absolute atomic E-state index is 0.0681. The number of nitrogens with one attached hydrogen (secondary N) is 1. The number of hydrogen-bond donors (Lipinski definition) is 1. The van der Waals surface area contributed by atoms with Gasteiger partial charge in [-0.25, -0.2) is 4.98 Å². The van der Waals surface area contributed by atoms with E-state index in [-0.39, 0.29) is 27.1 Å². The number of hydrogen-bond acceptors (Lipinski definition) is 3. The van der Waals surface area contributed by atoms with Crippen LogP contribution in [0, 0.1) is 0 Å². The molecule has 4 nitrogen and oxygen atoms in total. The summed E-state index contributed by atoms with van der Waals surface area (Å²) in [6.45, 7) is 0. The molecule has 0 aliphatic rings. The first-order valence-electron chi connectivity index (χ1n) is 5.44. The summed E-state index contributed by atoms with van der Waals surface area (Å²) in [5, 5.41) is 0.271. The maximum absolute atomic E-state index is 12.5. The van der Waals surface area contributed by atoms with Crippen LogP contribution in [0.25, 0.3) is 11.3 Å². The number of methoxy groups -OCH3 is 1. The van der Waals surface area contributed by atoms with Crippen LogP contribution >= 0.6 is 23.2 Å². The zero-order chi connectivity index (χ0) is 15.8. The lowest BCUT2D eigenvalue weighted by atomic mass is 10.1. The molecular weight excluding hydrogens is 332 g/mol. The molecule has 21 heavy (non-hydrogen) atoms. The van der Waals surface area contributed by atoms with Crippen LogP contribution in [0.3, 0.4) is 0 Å². The van der Waals surface area contributed by atoms with E-state index >= 15 is 0 Å². The molecule has 112 valence electrons. The quantitative estimate of drug-likeness (QED) is 0.906. The average molecular weight is 339 g/mol. The fraction of sp³-hybridized carbons (Fsp3) is 0.167. The zero-order valence-corrected chi connectivity index (χ0v) is 11.9. The summed E-state index contributed by atoms with van der Waals surface area (Å²) in [6.07, 6.45) is -4.17. The lowest BCUT2D eigenvalue weighted by Gasteiger charge is -2.10. The molecule has 2 aromatic rings. The third-order valence-corrected chi connectivity index (χ3v) is 3.20. The number of benzene rings is 1. The summed E-state index contributed by atoms with van der Waals surface area (Å²) < 4.78 is 42.4. The molecule has 0 fully saturated rings. The molecule has 9 heteroatoms. The third kappa shape index (κ3) is 3.14. The summed E-state index contributed by atoms with van der Waals surface area (Å²) in [4.78, 5) is 17.0. The number of halogens is 5. The van der Waals surface area contributed by atoms with E-state index in [1.807, 2.05) is 0 Å². The van der Waals surface area contributed by atoms with E-state index in [0.29, 0.717) is 6.20 Å². The van der Waals surface area contributed by atoms with Gasteiger partial charge in [0.1, 0.15) is 17.1 Å². The highest BCUT2D eigenvalue weighted by Gasteiger charge is 2.32. The number of nitrogens with zero attached hydrogens (tertiary/aromatic N) is 1. The van der Waals surface area contributed by atoms with Gasteiger partial charge in [0.2, 0.25) is 0 Å². The fourth-order valence-electron chi connectivity index (χ4n) is 1.60. The van der Waals surface area contributed by atoms with Crippen molar-refractivity contribution >= 4 is 23.2 Å². The van der Waals surface area contributed by atoms with Gasteiger partial charge in [0.15, 0.2) is 0 Å². The summed E-state index contributed by atoms with van der Waals surface area (Å²) in [7, 11) is 1.35. The Balaban J connectivity index is 2.61. The predicted octanol–water partition coefficient (Wildman–Crippen LogP) is 3.77. The van der Waals surface area contributed by atoms with E-state index in [1.165, 1.54) is 19.2 Å². The molecule has 0 saturated heterocycles. The van der Waals surface area contributed by atoms with Crippen molar-refractivity contribution in [2.24, 2.45) is 0 Å². The maximum atomic E-state index is 12.5. The van der Waals surface area contributed by atoms with E-state index < -0.39 is 17.4 Å². The Hall–Kier alpha value is -1.73. The predicted molar refractivity (Wildman–Crippen MR) is 71.9 cm³/mol. The maximum Gasteiger partial charge on any atom is 0.432 e. The van der Waals surface area contributed by atoms with Crippen LogP contribution in [0.2, 0.25) is 10.0 Å². The van der Waals surface area contributed by atoms with E-state index in [1.54, 1.807) is 4.98 Å². The van der Waals surface area contributed by atoms with Crippen LogP contribution in [0.5, 0.6) is 5.75 Å². The second-order valence-corrected chi connectivity index (χ2v) is 4.75. The number of rotatable bonds is 2. The number of alkyl halides is 3. The van der Waals surface area contributed by atoms with Gasteiger partial charge >= 0.3 is 6.18 Å². The summed E-state index contributed by atoms with van der Waals surface area (Å²) in [5.41, 5.74) is -2.40. The first kappa shape index (κ1) is 15.7. The standard InChI is InChI=1S/C12H7Cl2F3N2O2/c1-21-8-2-5(6(13)3-7(8)14)10-11(20)19-9(4-18-10)12(15,16)17/h2-4H,1H3,(H,19,20). The van der Waals surface area contributed by atoms with E-state index in [2.05, 4.69) is 4.98 Å². The molecular formula is C12H7Cl2F3N2O2. The largest absolute Gasteiger partial charge is 0.495 e. The normalized spacial score (nSPS) is 11.5. The Labute approximate surface area is 126 Å². The lowest BCUT2D eigenvalue weighted by Crippen LogP contribution is -2.19. The molecule has 0 unspecified atom stereocenters. The van der Waals surface area contributed by atoms with E-state index in [9.17, 15) is 18.0 Å². The molecule has 0 atom stereocenters. The van der Waals surface area contributed by atoms with Gasteiger partial charge in [0.05, 0.1) is 23.4 Å². The molecule has 2 rings (SSSR count). The summed E-state index contributed by atoms with van der Waals surface area (Å²) >= 11 is 11.8. The Kier molecular flexibility index (Phi) is 4.15. The molecule has 0 amide bonds. The van der Waals surface area contributed by atoms with Gasteiger partial charge in [-0.15, -0.1) is 0 Å². The Bertz CT molecular complexity index is 744. The van der Waals surface area contributed by atoms with Crippen LogP contribution < -0.4 is 10.3 Å². The first-order chi connectivity index (χ1) is 9.74. The van der Waals surface area contributed by atoms with Gasteiger partial charge in [-0.3, -0.25) is 4.79 Å². The second-order valence-electron chi connectivity index (χ2n) is 3.94. The van der Waals surface area contributed by atoms with E-state index in [0.717, 1.165) is 0 Å². The van der Waals surface area contributed by atoms with Crippen molar-refractivity contribution in [3.05, 3.63) is 44.4 Å². The number of aromatic nitrogens is 2. The van der Waals surface area contributed by atoms with Gasteiger partial charge in [-0.05, 0) is 12.1 Å². The Morgan fingerprint density at radius 3 is 2.43 bits per heavy atom. The molecule has 1 aromatic carbocycles. The lowest BCUT2D eigenvalue weighted by molar-refractivity contribution is -0.141. The molecule has 1 N–H and O–H groups in total. The number of ether oxygens (including phenoxy) is 1. The zero-order valence-electron chi connectivity index (χ0n) is 10.4. The van der Waals surface area contributed by atoms with Crippen LogP contribution in [-0.4, -0.2) is 17.1 Å². The number of aromatic amines is 1. The van der Waals surface area contributed by atoms with Gasteiger partial charge in [0.25, 0.3) is 5.56 Å². The molecule has 1 aromatic heterocycles. The monoisotopic (exact) mass is 338 g/mol. The fourth-order valence-corrected chi connectivity index (χ4v) is 2.15. The van der Waals surface area contributed by atoms with Crippen molar-refractivity contribution in [3.63, 3.8) is 0 Å². The Morgan fingerprint density at radius 2 is 1.90 bits per heavy atom. The van der Waals surface area contributed by atoms with Crippen molar-refractivity contribution < 1.29 is 17.9 Å². The highest BCUT2D eigenvalue weighted by molar-refractivity contribution is 6.37. The van der Waals surface area contributed by atoms with Gasteiger partial charge in [-0.2, -0.15) is 13.2 Å². The second kappa shape index (κ2) is 5.57. The highest BCUT2D eigenvalue weighted by Crippen LogP contribution is 2.35. The topological polar surface area (TPSA) is 55.0 Å². The number of H-pyrrole nitrogens is 1. The minimum Gasteiger partial charge on any atom is -0.495 e.